The van der Waals surface area contributed by atoms with E-state index in [1.54, 1.807) is 0 Å². The van der Waals surface area contributed by atoms with Gasteiger partial charge in [0.25, 0.3) is 0 Å². The summed E-state index contributed by atoms with van der Waals surface area (Å²) in [5.74, 6) is 1.60. The summed E-state index contributed by atoms with van der Waals surface area (Å²) in [6.07, 6.45) is 1.05. The van der Waals surface area contributed by atoms with E-state index in [1.165, 1.54) is 0 Å². The van der Waals surface area contributed by atoms with Crippen molar-refractivity contribution in [2.45, 2.75) is 12.3 Å². The van der Waals surface area contributed by atoms with Crippen molar-refractivity contribution < 1.29 is 4.52 Å². The third-order valence-electron chi connectivity index (χ3n) is 2.97. The fraction of sp³-hybridized carbons (Fsp3) is 0.333. The van der Waals surface area contributed by atoms with E-state index in [2.05, 4.69) is 15.5 Å². The number of hydrogen-bond acceptors (Lipinski definition) is 4. The Labute approximate surface area is 104 Å². The fourth-order valence-electron chi connectivity index (χ4n) is 2.02. The predicted octanol–water partition coefficient (Wildman–Crippen LogP) is 2.47. The van der Waals surface area contributed by atoms with E-state index in [9.17, 15) is 0 Å². The Balaban J connectivity index is 1.92. The van der Waals surface area contributed by atoms with Crippen LogP contribution in [0.25, 0.3) is 11.4 Å². The highest BCUT2D eigenvalue weighted by Gasteiger charge is 2.23. The molecule has 1 aromatic heterocycles. The van der Waals surface area contributed by atoms with Gasteiger partial charge in [0.15, 0.2) is 0 Å². The first-order valence-corrected chi connectivity index (χ1v) is 6.01. The topological polar surface area (TPSA) is 51.0 Å². The van der Waals surface area contributed by atoms with Gasteiger partial charge < -0.3 is 9.84 Å². The molecule has 3 rings (SSSR count). The Kier molecular flexibility index (Phi) is 2.82. The highest BCUT2D eigenvalue weighted by atomic mass is 35.5. The smallest absolute Gasteiger partial charge is 0.231 e. The number of halogens is 1. The third kappa shape index (κ3) is 2.06. The summed E-state index contributed by atoms with van der Waals surface area (Å²) in [7, 11) is 0. The normalized spacial score (nSPS) is 19.7. The van der Waals surface area contributed by atoms with Crippen molar-refractivity contribution in [3.8, 4) is 11.4 Å². The molecule has 0 bridgehead atoms. The molecular weight excluding hydrogens is 238 g/mol. The predicted molar refractivity (Wildman–Crippen MR) is 65.0 cm³/mol. The molecule has 1 N–H and O–H groups in total. The number of benzene rings is 1. The molecule has 1 unspecified atom stereocenters. The van der Waals surface area contributed by atoms with Crippen LogP contribution in [0.2, 0.25) is 5.02 Å². The van der Waals surface area contributed by atoms with Crippen LogP contribution < -0.4 is 5.32 Å². The maximum Gasteiger partial charge on any atom is 0.231 e. The van der Waals surface area contributed by atoms with Gasteiger partial charge in [0.1, 0.15) is 0 Å². The van der Waals surface area contributed by atoms with Crippen LogP contribution in [0.3, 0.4) is 0 Å². The van der Waals surface area contributed by atoms with Crippen LogP contribution in [0.4, 0.5) is 0 Å². The van der Waals surface area contributed by atoms with Gasteiger partial charge in [-0.2, -0.15) is 4.98 Å². The van der Waals surface area contributed by atoms with Gasteiger partial charge in [-0.3, -0.25) is 0 Å². The fourth-order valence-corrected chi connectivity index (χ4v) is 2.24. The van der Waals surface area contributed by atoms with E-state index in [0.717, 1.165) is 25.1 Å². The molecule has 1 atom stereocenters. The minimum absolute atomic E-state index is 0.332. The largest absolute Gasteiger partial charge is 0.339 e. The molecule has 0 radical (unpaired) electrons. The van der Waals surface area contributed by atoms with Crippen LogP contribution in [0.1, 0.15) is 18.2 Å². The zero-order valence-corrected chi connectivity index (χ0v) is 9.94. The molecule has 88 valence electrons. The second-order valence-corrected chi connectivity index (χ2v) is 4.53. The van der Waals surface area contributed by atoms with E-state index in [1.807, 2.05) is 24.3 Å². The Morgan fingerprint density at radius 3 is 3.00 bits per heavy atom. The number of nitrogens with zero attached hydrogens (tertiary/aromatic N) is 2. The first-order chi connectivity index (χ1) is 8.34. The lowest BCUT2D eigenvalue weighted by molar-refractivity contribution is 0.359. The molecule has 5 heteroatoms. The van der Waals surface area contributed by atoms with Gasteiger partial charge in [-0.05, 0) is 25.1 Å². The van der Waals surface area contributed by atoms with Crippen LogP contribution in [0, 0.1) is 0 Å². The van der Waals surface area contributed by atoms with Crippen LogP contribution >= 0.6 is 11.6 Å². The molecule has 1 aromatic carbocycles. The molecule has 2 aromatic rings. The van der Waals surface area contributed by atoms with Crippen molar-refractivity contribution in [1.29, 1.82) is 0 Å². The minimum Gasteiger partial charge on any atom is -0.339 e. The van der Waals surface area contributed by atoms with Gasteiger partial charge in [-0.1, -0.05) is 28.9 Å². The molecule has 0 aliphatic carbocycles. The van der Waals surface area contributed by atoms with Crippen LogP contribution in [-0.4, -0.2) is 23.2 Å². The van der Waals surface area contributed by atoms with E-state index >= 15 is 0 Å². The Morgan fingerprint density at radius 1 is 1.35 bits per heavy atom. The number of hydrogen-bond donors (Lipinski definition) is 1. The van der Waals surface area contributed by atoms with E-state index in [-0.39, 0.29) is 0 Å². The highest BCUT2D eigenvalue weighted by molar-refractivity contribution is 6.33. The summed E-state index contributed by atoms with van der Waals surface area (Å²) >= 11 is 6.09. The Morgan fingerprint density at radius 2 is 2.24 bits per heavy atom. The third-order valence-corrected chi connectivity index (χ3v) is 3.30. The maximum atomic E-state index is 6.09. The Bertz CT molecular complexity index is 520. The molecule has 4 nitrogen and oxygen atoms in total. The van der Waals surface area contributed by atoms with E-state index in [4.69, 9.17) is 16.1 Å². The van der Waals surface area contributed by atoms with Crippen molar-refractivity contribution in [3.63, 3.8) is 0 Å². The van der Waals surface area contributed by atoms with Crippen LogP contribution in [0.15, 0.2) is 28.8 Å². The zero-order valence-electron chi connectivity index (χ0n) is 9.19. The van der Waals surface area contributed by atoms with Crippen molar-refractivity contribution in [2.24, 2.45) is 0 Å². The second-order valence-electron chi connectivity index (χ2n) is 4.13. The van der Waals surface area contributed by atoms with Gasteiger partial charge in [0.2, 0.25) is 11.7 Å². The molecule has 0 spiro atoms. The highest BCUT2D eigenvalue weighted by Crippen LogP contribution is 2.27. The van der Waals surface area contributed by atoms with Crippen molar-refractivity contribution in [3.05, 3.63) is 35.2 Å². The number of nitrogens with one attached hydrogen (secondary N) is 1. The number of aromatic nitrogens is 2. The summed E-state index contributed by atoms with van der Waals surface area (Å²) in [6, 6.07) is 7.51. The molecule has 0 amide bonds. The van der Waals surface area contributed by atoms with Crippen molar-refractivity contribution in [1.82, 2.24) is 15.5 Å². The van der Waals surface area contributed by atoms with E-state index in [0.29, 0.717) is 22.7 Å². The summed E-state index contributed by atoms with van der Waals surface area (Å²) in [6.45, 7) is 1.92. The lowest BCUT2D eigenvalue weighted by Crippen LogP contribution is -2.08. The standard InChI is InChI=1S/C12H12ClN3O/c13-10-4-2-1-3-9(10)11-15-12(17-16-11)8-5-6-14-7-8/h1-4,8,14H,5-7H2. The van der Waals surface area contributed by atoms with Crippen LogP contribution in [-0.2, 0) is 0 Å². The zero-order chi connectivity index (χ0) is 11.7. The van der Waals surface area contributed by atoms with Gasteiger partial charge in [-0.25, -0.2) is 0 Å². The second kappa shape index (κ2) is 4.47. The van der Waals surface area contributed by atoms with E-state index < -0.39 is 0 Å². The number of rotatable bonds is 2. The molecular formula is C12H12ClN3O. The summed E-state index contributed by atoms with van der Waals surface area (Å²) in [5, 5.41) is 7.91. The van der Waals surface area contributed by atoms with Gasteiger partial charge in [0.05, 0.1) is 10.9 Å². The molecule has 1 fully saturated rings. The Hall–Kier alpha value is -1.39. The molecule has 17 heavy (non-hydrogen) atoms. The quantitative estimate of drug-likeness (QED) is 0.888. The van der Waals surface area contributed by atoms with Gasteiger partial charge >= 0.3 is 0 Å². The van der Waals surface area contributed by atoms with Crippen molar-refractivity contribution >= 4 is 11.6 Å². The molecule has 2 heterocycles. The average molecular weight is 250 g/mol. The van der Waals surface area contributed by atoms with Crippen LogP contribution in [0.5, 0.6) is 0 Å². The minimum atomic E-state index is 0.332. The van der Waals surface area contributed by atoms with Gasteiger partial charge in [-0.15, -0.1) is 0 Å². The SMILES string of the molecule is Clc1ccccc1-c1noc(C2CCNC2)n1. The molecule has 1 aliphatic heterocycles. The molecule has 1 saturated heterocycles. The average Bonchev–Trinajstić information content (AvgIpc) is 3.00. The van der Waals surface area contributed by atoms with Crippen molar-refractivity contribution in [2.75, 3.05) is 13.1 Å². The summed E-state index contributed by atoms with van der Waals surface area (Å²) in [4.78, 5) is 4.42. The molecule has 1 aliphatic rings. The summed E-state index contributed by atoms with van der Waals surface area (Å²) < 4.78 is 5.30. The summed E-state index contributed by atoms with van der Waals surface area (Å²) in [5.41, 5.74) is 0.815. The maximum absolute atomic E-state index is 6.09. The first-order valence-electron chi connectivity index (χ1n) is 5.64. The monoisotopic (exact) mass is 249 g/mol. The lowest BCUT2D eigenvalue weighted by Gasteiger charge is -1.99. The first kappa shape index (κ1) is 10.7. The van der Waals surface area contributed by atoms with Gasteiger partial charge in [0, 0.05) is 12.1 Å². The lowest BCUT2D eigenvalue weighted by atomic mass is 10.1. The molecule has 0 saturated carbocycles.